The first-order valence-electron chi connectivity index (χ1n) is 10.4. The number of carbonyl (C=O) groups excluding carboxylic acids is 2. The highest BCUT2D eigenvalue weighted by Gasteiger charge is 2.24. The Labute approximate surface area is 177 Å². The largest absolute Gasteiger partial charge is 0.342 e. The zero-order chi connectivity index (χ0) is 21.8. The lowest BCUT2D eigenvalue weighted by Crippen LogP contribution is -2.44. The van der Waals surface area contributed by atoms with Crippen LogP contribution in [0.15, 0.2) is 54.6 Å². The van der Waals surface area contributed by atoms with Gasteiger partial charge >= 0.3 is 0 Å². The minimum absolute atomic E-state index is 0.0333. The van der Waals surface area contributed by atoms with Crippen molar-refractivity contribution in [3.8, 4) is 0 Å². The molecule has 0 spiro atoms. The van der Waals surface area contributed by atoms with Crippen LogP contribution in [0.2, 0.25) is 0 Å². The molecule has 0 saturated heterocycles. The van der Waals surface area contributed by atoms with E-state index in [0.717, 1.165) is 11.0 Å². The van der Waals surface area contributed by atoms with E-state index in [1.165, 1.54) is 0 Å². The van der Waals surface area contributed by atoms with Crippen molar-refractivity contribution in [2.45, 2.75) is 59.3 Å². The van der Waals surface area contributed by atoms with Crippen LogP contribution in [0.3, 0.4) is 0 Å². The fraction of sp³-hybridized carbons (Fsp3) is 0.375. The number of rotatable bonds is 7. The first-order chi connectivity index (χ1) is 14.3. The predicted molar refractivity (Wildman–Crippen MR) is 119 cm³/mol. The van der Waals surface area contributed by atoms with Crippen molar-refractivity contribution < 1.29 is 9.59 Å². The second-order valence-corrected chi connectivity index (χ2v) is 8.09. The van der Waals surface area contributed by atoms with Crippen LogP contribution in [0, 0.1) is 0 Å². The van der Waals surface area contributed by atoms with Crippen LogP contribution < -0.4 is 5.32 Å². The lowest BCUT2D eigenvalue weighted by atomic mass is 10.2. The Hall–Kier alpha value is -3.15. The Bertz CT molecular complexity index is 1020. The number of hydrogen-bond acceptors (Lipinski definition) is 3. The molecule has 0 aliphatic rings. The van der Waals surface area contributed by atoms with E-state index in [1.54, 1.807) is 12.1 Å². The number of imidazole rings is 1. The maximum atomic E-state index is 13.1. The van der Waals surface area contributed by atoms with Crippen LogP contribution in [0.1, 0.15) is 56.8 Å². The quantitative estimate of drug-likeness (QED) is 0.640. The molecule has 2 aromatic carbocycles. The molecule has 1 atom stereocenters. The molecule has 30 heavy (non-hydrogen) atoms. The van der Waals surface area contributed by atoms with Gasteiger partial charge in [0, 0.05) is 17.6 Å². The van der Waals surface area contributed by atoms with E-state index in [-0.39, 0.29) is 36.5 Å². The predicted octanol–water partition coefficient (Wildman–Crippen LogP) is 4.17. The summed E-state index contributed by atoms with van der Waals surface area (Å²) in [7, 11) is 0. The zero-order valence-electron chi connectivity index (χ0n) is 18.3. The van der Waals surface area contributed by atoms with Gasteiger partial charge in [-0.1, -0.05) is 30.3 Å². The normalized spacial score (nSPS) is 12.4. The minimum Gasteiger partial charge on any atom is -0.342 e. The van der Waals surface area contributed by atoms with Crippen molar-refractivity contribution in [1.29, 1.82) is 0 Å². The van der Waals surface area contributed by atoms with E-state index in [4.69, 9.17) is 4.98 Å². The highest BCUT2D eigenvalue weighted by atomic mass is 16.2. The molecule has 1 heterocycles. The average Bonchev–Trinajstić information content (AvgIpc) is 3.06. The molecule has 1 aromatic heterocycles. The topological polar surface area (TPSA) is 67.2 Å². The average molecular weight is 407 g/mol. The number of nitrogens with zero attached hydrogens (tertiary/aromatic N) is 3. The molecule has 0 radical (unpaired) electrons. The van der Waals surface area contributed by atoms with Crippen LogP contribution in [-0.4, -0.2) is 38.3 Å². The summed E-state index contributed by atoms with van der Waals surface area (Å²) in [6.07, 6.45) is 0. The van der Waals surface area contributed by atoms with Gasteiger partial charge in [-0.25, -0.2) is 4.98 Å². The molecule has 0 aliphatic carbocycles. The number of para-hydroxylation sites is 2. The van der Waals surface area contributed by atoms with Gasteiger partial charge in [0.1, 0.15) is 12.4 Å². The van der Waals surface area contributed by atoms with Crippen LogP contribution in [-0.2, 0) is 11.3 Å². The molecule has 3 rings (SSSR count). The van der Waals surface area contributed by atoms with Gasteiger partial charge in [0.2, 0.25) is 5.91 Å². The molecule has 0 aliphatic heterocycles. The third kappa shape index (κ3) is 4.53. The number of hydrogen-bond donors (Lipinski definition) is 1. The Balaban J connectivity index is 1.93. The highest BCUT2D eigenvalue weighted by Crippen LogP contribution is 2.22. The molecule has 158 valence electrons. The van der Waals surface area contributed by atoms with E-state index in [9.17, 15) is 9.59 Å². The molecule has 0 fully saturated rings. The van der Waals surface area contributed by atoms with Gasteiger partial charge < -0.3 is 14.8 Å². The number of nitrogens with one attached hydrogen (secondary N) is 1. The molecule has 3 aromatic rings. The summed E-state index contributed by atoms with van der Waals surface area (Å²) in [5, 5.41) is 3.01. The Morgan fingerprint density at radius 2 is 1.53 bits per heavy atom. The number of amides is 2. The maximum absolute atomic E-state index is 13.1. The number of fused-ring (bicyclic) bond motifs is 1. The Morgan fingerprint density at radius 3 is 2.17 bits per heavy atom. The summed E-state index contributed by atoms with van der Waals surface area (Å²) in [4.78, 5) is 32.4. The number of aromatic nitrogens is 2. The van der Waals surface area contributed by atoms with Crippen molar-refractivity contribution in [3.63, 3.8) is 0 Å². The Morgan fingerprint density at radius 1 is 0.933 bits per heavy atom. The van der Waals surface area contributed by atoms with Gasteiger partial charge in [0.15, 0.2) is 0 Å². The van der Waals surface area contributed by atoms with Gasteiger partial charge in [0.25, 0.3) is 5.91 Å². The summed E-state index contributed by atoms with van der Waals surface area (Å²) in [5.74, 6) is 0.534. The smallest absolute Gasteiger partial charge is 0.251 e. The maximum Gasteiger partial charge on any atom is 0.251 e. The summed E-state index contributed by atoms with van der Waals surface area (Å²) in [6.45, 7) is 10.2. The molecule has 1 N–H and O–H groups in total. The molecule has 0 saturated carbocycles. The van der Waals surface area contributed by atoms with Gasteiger partial charge in [-0.05, 0) is 58.9 Å². The van der Waals surface area contributed by atoms with Crippen molar-refractivity contribution in [1.82, 2.24) is 19.8 Å². The first kappa shape index (κ1) is 21.6. The molecular formula is C24H30N4O2. The van der Waals surface area contributed by atoms with E-state index >= 15 is 0 Å². The third-order valence-corrected chi connectivity index (χ3v) is 5.15. The molecule has 6 heteroatoms. The van der Waals surface area contributed by atoms with Gasteiger partial charge in [-0.2, -0.15) is 0 Å². The van der Waals surface area contributed by atoms with Gasteiger partial charge in [-0.3, -0.25) is 9.59 Å². The number of carbonyl (C=O) groups is 2. The third-order valence-electron chi connectivity index (χ3n) is 5.15. The van der Waals surface area contributed by atoms with Crippen molar-refractivity contribution in [2.75, 3.05) is 0 Å². The lowest BCUT2D eigenvalue weighted by Gasteiger charge is -2.31. The summed E-state index contributed by atoms with van der Waals surface area (Å²) >= 11 is 0. The number of benzene rings is 2. The van der Waals surface area contributed by atoms with Crippen LogP contribution >= 0.6 is 0 Å². The molecule has 1 unspecified atom stereocenters. The fourth-order valence-electron chi connectivity index (χ4n) is 3.91. The SMILES string of the molecule is CC(NC(=O)c1ccccc1)c1nc2ccccc2n1CC(=O)N(C(C)C)C(C)C. The second-order valence-electron chi connectivity index (χ2n) is 8.09. The molecule has 2 amide bonds. The van der Waals surface area contributed by atoms with Gasteiger partial charge in [-0.15, -0.1) is 0 Å². The fourth-order valence-corrected chi connectivity index (χ4v) is 3.91. The molecular weight excluding hydrogens is 376 g/mol. The highest BCUT2D eigenvalue weighted by molar-refractivity contribution is 5.94. The van der Waals surface area contributed by atoms with E-state index in [1.807, 2.05) is 86.6 Å². The molecule has 6 nitrogen and oxygen atoms in total. The summed E-state index contributed by atoms with van der Waals surface area (Å²) in [5.41, 5.74) is 2.28. The van der Waals surface area contributed by atoms with Crippen LogP contribution in [0.25, 0.3) is 11.0 Å². The van der Waals surface area contributed by atoms with Crippen LogP contribution in [0.4, 0.5) is 0 Å². The zero-order valence-corrected chi connectivity index (χ0v) is 18.3. The summed E-state index contributed by atoms with van der Waals surface area (Å²) in [6, 6.07) is 16.7. The van der Waals surface area contributed by atoms with Crippen molar-refractivity contribution in [2.24, 2.45) is 0 Å². The van der Waals surface area contributed by atoms with Crippen LogP contribution in [0.5, 0.6) is 0 Å². The van der Waals surface area contributed by atoms with Gasteiger partial charge in [0.05, 0.1) is 17.1 Å². The van der Waals surface area contributed by atoms with E-state index in [2.05, 4.69) is 5.32 Å². The van der Waals surface area contributed by atoms with E-state index < -0.39 is 0 Å². The summed E-state index contributed by atoms with van der Waals surface area (Å²) < 4.78 is 1.92. The van der Waals surface area contributed by atoms with Crippen molar-refractivity contribution in [3.05, 3.63) is 66.0 Å². The monoisotopic (exact) mass is 406 g/mol. The first-order valence-corrected chi connectivity index (χ1v) is 10.4. The van der Waals surface area contributed by atoms with Crippen molar-refractivity contribution >= 4 is 22.8 Å². The minimum atomic E-state index is -0.357. The van der Waals surface area contributed by atoms with E-state index in [0.29, 0.717) is 11.4 Å². The Kier molecular flexibility index (Phi) is 6.55. The second kappa shape index (κ2) is 9.11. The molecule has 0 bridgehead atoms. The lowest BCUT2D eigenvalue weighted by molar-refractivity contribution is -0.135. The standard InChI is InChI=1S/C24H30N4O2/c1-16(2)28(17(3)4)22(29)15-27-21-14-10-9-13-20(21)26-23(27)18(5)25-24(30)19-11-7-6-8-12-19/h6-14,16-18H,15H2,1-5H3,(H,25,30).